The first kappa shape index (κ1) is 22.2. The zero-order chi connectivity index (χ0) is 21.5. The summed E-state index contributed by atoms with van der Waals surface area (Å²) in [5.41, 5.74) is 2.71. The highest BCUT2D eigenvalue weighted by Gasteiger charge is 2.22. The summed E-state index contributed by atoms with van der Waals surface area (Å²) in [7, 11) is 3.18. The van der Waals surface area contributed by atoms with Crippen LogP contribution in [0.5, 0.6) is 11.5 Å². The van der Waals surface area contributed by atoms with Gasteiger partial charge in [-0.2, -0.15) is 0 Å². The minimum atomic E-state index is -0.0857. The number of methoxy groups -OCH3 is 2. The number of carbonyl (C=O) groups is 1. The van der Waals surface area contributed by atoms with Crippen molar-refractivity contribution < 1.29 is 14.3 Å². The average Bonchev–Trinajstić information content (AvgIpc) is 2.76. The van der Waals surface area contributed by atoms with Gasteiger partial charge in [0, 0.05) is 41.8 Å². The number of amides is 1. The molecule has 0 bridgehead atoms. The summed E-state index contributed by atoms with van der Waals surface area (Å²) in [6.07, 6.45) is 4.23. The predicted molar refractivity (Wildman–Crippen MR) is 121 cm³/mol. The molecule has 1 N–H and O–H groups in total. The fourth-order valence-electron chi connectivity index (χ4n) is 3.83. The van der Waals surface area contributed by atoms with Crippen LogP contribution in [0.3, 0.4) is 0 Å². The fraction of sp³-hybridized carbons (Fsp3) is 0.375. The van der Waals surface area contributed by atoms with Gasteiger partial charge in [0.15, 0.2) is 11.5 Å². The van der Waals surface area contributed by atoms with E-state index in [1.54, 1.807) is 26.4 Å². The minimum absolute atomic E-state index is 0.0857. The molecule has 0 unspecified atom stereocenters. The SMILES string of the molecule is C=CCc1cc(C(=O)NC2CCN(Cc3ccc(Cl)cc3)CC2)cc(OC)c1OC. The molecule has 30 heavy (non-hydrogen) atoms. The van der Waals surface area contributed by atoms with Gasteiger partial charge in [-0.15, -0.1) is 6.58 Å². The third-order valence-corrected chi connectivity index (χ3v) is 5.68. The Morgan fingerprint density at radius 3 is 2.50 bits per heavy atom. The van der Waals surface area contributed by atoms with Crippen LogP contribution in [0.2, 0.25) is 5.02 Å². The van der Waals surface area contributed by atoms with Gasteiger partial charge in [-0.05, 0) is 49.1 Å². The van der Waals surface area contributed by atoms with Crippen LogP contribution in [-0.4, -0.2) is 44.2 Å². The monoisotopic (exact) mass is 428 g/mol. The highest BCUT2D eigenvalue weighted by Crippen LogP contribution is 2.33. The molecule has 6 heteroatoms. The molecule has 1 heterocycles. The molecule has 2 aromatic carbocycles. The number of halogens is 1. The Balaban J connectivity index is 1.59. The van der Waals surface area contributed by atoms with E-state index in [0.717, 1.165) is 43.1 Å². The molecule has 1 fully saturated rings. The summed E-state index contributed by atoms with van der Waals surface area (Å²) in [6.45, 7) is 6.58. The van der Waals surface area contributed by atoms with Gasteiger partial charge in [0.2, 0.25) is 0 Å². The number of ether oxygens (including phenoxy) is 2. The Hall–Kier alpha value is -2.50. The number of likely N-dealkylation sites (tertiary alicyclic amines) is 1. The number of nitrogens with zero attached hydrogens (tertiary/aromatic N) is 1. The summed E-state index contributed by atoms with van der Waals surface area (Å²) in [5, 5.41) is 3.94. The van der Waals surface area contributed by atoms with E-state index in [1.807, 2.05) is 18.2 Å². The van der Waals surface area contributed by atoms with E-state index in [-0.39, 0.29) is 11.9 Å². The molecule has 0 atom stereocenters. The van der Waals surface area contributed by atoms with Crippen LogP contribution in [0.4, 0.5) is 0 Å². The van der Waals surface area contributed by atoms with Crippen LogP contribution in [0.25, 0.3) is 0 Å². The Morgan fingerprint density at radius 1 is 1.20 bits per heavy atom. The number of benzene rings is 2. The van der Waals surface area contributed by atoms with Crippen LogP contribution in [0.15, 0.2) is 49.1 Å². The van der Waals surface area contributed by atoms with E-state index < -0.39 is 0 Å². The summed E-state index contributed by atoms with van der Waals surface area (Å²) < 4.78 is 10.9. The number of piperidine rings is 1. The van der Waals surface area contributed by atoms with Crippen LogP contribution in [0.1, 0.15) is 34.3 Å². The largest absolute Gasteiger partial charge is 0.493 e. The fourth-order valence-corrected chi connectivity index (χ4v) is 3.96. The van der Waals surface area contributed by atoms with E-state index in [9.17, 15) is 4.79 Å². The van der Waals surface area contributed by atoms with Gasteiger partial charge >= 0.3 is 0 Å². The third-order valence-electron chi connectivity index (χ3n) is 5.42. The van der Waals surface area contributed by atoms with Crippen molar-refractivity contribution in [2.24, 2.45) is 0 Å². The van der Waals surface area contributed by atoms with Crippen molar-refractivity contribution in [3.8, 4) is 11.5 Å². The molecule has 0 radical (unpaired) electrons. The van der Waals surface area contributed by atoms with Crippen molar-refractivity contribution in [1.29, 1.82) is 0 Å². The quantitative estimate of drug-likeness (QED) is 0.630. The number of hydrogen-bond acceptors (Lipinski definition) is 4. The van der Waals surface area contributed by atoms with Gasteiger partial charge in [0.05, 0.1) is 14.2 Å². The van der Waals surface area contributed by atoms with Crippen molar-refractivity contribution in [1.82, 2.24) is 10.2 Å². The third kappa shape index (κ3) is 5.55. The molecule has 160 valence electrons. The normalized spacial score (nSPS) is 14.9. The summed E-state index contributed by atoms with van der Waals surface area (Å²) in [5.74, 6) is 1.11. The maximum Gasteiger partial charge on any atom is 0.251 e. The van der Waals surface area contributed by atoms with E-state index >= 15 is 0 Å². The van der Waals surface area contributed by atoms with Gasteiger partial charge in [-0.1, -0.05) is 29.8 Å². The number of carbonyl (C=O) groups excluding carboxylic acids is 1. The molecule has 0 saturated carbocycles. The van der Waals surface area contributed by atoms with Crippen molar-refractivity contribution >= 4 is 17.5 Å². The zero-order valence-electron chi connectivity index (χ0n) is 17.6. The second kappa shape index (κ2) is 10.5. The standard InChI is InChI=1S/C24H29ClN2O3/c1-4-5-18-14-19(15-22(29-2)23(18)30-3)24(28)26-21-10-12-27(13-11-21)16-17-6-8-20(25)9-7-17/h4,6-9,14-15,21H,1,5,10-13,16H2,2-3H3,(H,26,28). The molecule has 1 aliphatic heterocycles. The van der Waals surface area contributed by atoms with Crippen LogP contribution in [0, 0.1) is 0 Å². The summed E-state index contributed by atoms with van der Waals surface area (Å²) in [6, 6.07) is 11.7. The first-order valence-corrected chi connectivity index (χ1v) is 10.5. The highest BCUT2D eigenvalue weighted by atomic mass is 35.5. The Kier molecular flexibility index (Phi) is 7.77. The molecule has 5 nitrogen and oxygen atoms in total. The van der Waals surface area contributed by atoms with E-state index in [1.165, 1.54) is 5.56 Å². The number of rotatable bonds is 8. The molecule has 1 saturated heterocycles. The Morgan fingerprint density at radius 2 is 1.90 bits per heavy atom. The minimum Gasteiger partial charge on any atom is -0.493 e. The maximum atomic E-state index is 12.9. The number of allylic oxidation sites excluding steroid dienone is 1. The van der Waals surface area contributed by atoms with Crippen LogP contribution in [-0.2, 0) is 13.0 Å². The molecule has 0 aromatic heterocycles. The highest BCUT2D eigenvalue weighted by molar-refractivity contribution is 6.30. The van der Waals surface area contributed by atoms with E-state index in [0.29, 0.717) is 23.5 Å². The Bertz CT molecular complexity index is 875. The van der Waals surface area contributed by atoms with Crippen molar-refractivity contribution in [2.45, 2.75) is 31.8 Å². The predicted octanol–water partition coefficient (Wildman–Crippen LogP) is 4.48. The van der Waals surface area contributed by atoms with Crippen molar-refractivity contribution in [2.75, 3.05) is 27.3 Å². The van der Waals surface area contributed by atoms with Gasteiger partial charge in [0.1, 0.15) is 0 Å². The van der Waals surface area contributed by atoms with Crippen molar-refractivity contribution in [3.05, 3.63) is 70.8 Å². The first-order chi connectivity index (χ1) is 14.5. The average molecular weight is 429 g/mol. The van der Waals surface area contributed by atoms with Gasteiger partial charge < -0.3 is 14.8 Å². The molecule has 0 spiro atoms. The lowest BCUT2D eigenvalue weighted by atomic mass is 10.0. The molecule has 0 aliphatic carbocycles. The molecule has 2 aromatic rings. The second-order valence-corrected chi connectivity index (χ2v) is 7.95. The summed E-state index contributed by atoms with van der Waals surface area (Å²) >= 11 is 5.96. The molecule has 1 aliphatic rings. The van der Waals surface area contributed by atoms with Crippen molar-refractivity contribution in [3.63, 3.8) is 0 Å². The lowest BCUT2D eigenvalue weighted by molar-refractivity contribution is 0.0908. The summed E-state index contributed by atoms with van der Waals surface area (Å²) in [4.78, 5) is 15.3. The first-order valence-electron chi connectivity index (χ1n) is 10.2. The molecular formula is C24H29ClN2O3. The number of nitrogens with one attached hydrogen (secondary N) is 1. The molecule has 3 rings (SSSR count). The zero-order valence-corrected chi connectivity index (χ0v) is 18.4. The van der Waals surface area contributed by atoms with Crippen LogP contribution >= 0.6 is 11.6 Å². The van der Waals surface area contributed by atoms with Gasteiger partial charge in [-0.3, -0.25) is 9.69 Å². The van der Waals surface area contributed by atoms with Gasteiger partial charge in [-0.25, -0.2) is 0 Å². The molecule has 1 amide bonds. The maximum absolute atomic E-state index is 12.9. The van der Waals surface area contributed by atoms with E-state index in [4.69, 9.17) is 21.1 Å². The lowest BCUT2D eigenvalue weighted by Crippen LogP contribution is -2.44. The molecular weight excluding hydrogens is 400 g/mol. The topological polar surface area (TPSA) is 50.8 Å². The van der Waals surface area contributed by atoms with E-state index in [2.05, 4.69) is 28.9 Å². The number of hydrogen-bond donors (Lipinski definition) is 1. The van der Waals surface area contributed by atoms with Crippen LogP contribution < -0.4 is 14.8 Å². The Labute approximate surface area is 183 Å². The smallest absolute Gasteiger partial charge is 0.251 e. The lowest BCUT2D eigenvalue weighted by Gasteiger charge is -2.32. The second-order valence-electron chi connectivity index (χ2n) is 7.51. The van der Waals surface area contributed by atoms with Gasteiger partial charge in [0.25, 0.3) is 5.91 Å².